The number of Topliss-reactive ketones (excluding diaryl/α,β-unsaturated/α-hetero) is 1. The largest absolute Gasteiger partial charge is 0.507 e. The highest BCUT2D eigenvalue weighted by atomic mass is 16.5. The first-order valence-corrected chi connectivity index (χ1v) is 10.7. The van der Waals surface area contributed by atoms with E-state index in [1.165, 1.54) is 0 Å². The number of ketones is 1. The molecule has 2 aromatic carbocycles. The van der Waals surface area contributed by atoms with Crippen molar-refractivity contribution in [1.82, 2.24) is 9.80 Å². The van der Waals surface area contributed by atoms with E-state index >= 15 is 0 Å². The number of hydrogen-bond donors (Lipinski definition) is 1. The van der Waals surface area contributed by atoms with E-state index in [0.717, 1.165) is 12.1 Å². The number of aliphatic hydroxyl groups excluding tert-OH is 1. The third kappa shape index (κ3) is 5.08. The van der Waals surface area contributed by atoms with Crippen molar-refractivity contribution < 1.29 is 19.4 Å². The molecule has 1 amide bonds. The Kier molecular flexibility index (Phi) is 7.49. The van der Waals surface area contributed by atoms with Gasteiger partial charge in [-0.25, -0.2) is 0 Å². The first kappa shape index (κ1) is 23.3. The van der Waals surface area contributed by atoms with Gasteiger partial charge in [0.1, 0.15) is 18.1 Å². The molecular formula is C26H30N2O4. The lowest BCUT2D eigenvalue weighted by molar-refractivity contribution is -0.139. The highest BCUT2D eigenvalue weighted by Gasteiger charge is 2.45. The summed E-state index contributed by atoms with van der Waals surface area (Å²) in [5.74, 6) is -0.826. The molecule has 3 rings (SSSR count). The number of aryl methyl sites for hydroxylation is 1. The van der Waals surface area contributed by atoms with E-state index in [1.54, 1.807) is 29.2 Å². The second-order valence-corrected chi connectivity index (χ2v) is 8.19. The van der Waals surface area contributed by atoms with Gasteiger partial charge in [-0.15, -0.1) is 0 Å². The number of likely N-dealkylation sites (tertiary alicyclic amines) is 1. The Hall–Kier alpha value is -3.38. The molecule has 1 atom stereocenters. The Morgan fingerprint density at radius 2 is 1.91 bits per heavy atom. The molecule has 1 fully saturated rings. The van der Waals surface area contributed by atoms with Gasteiger partial charge in [-0.3, -0.25) is 9.59 Å². The molecule has 0 radical (unpaired) electrons. The number of aliphatic hydroxyl groups is 1. The van der Waals surface area contributed by atoms with Crippen molar-refractivity contribution in [2.45, 2.75) is 19.4 Å². The van der Waals surface area contributed by atoms with Crippen LogP contribution in [-0.2, 0) is 9.59 Å². The second kappa shape index (κ2) is 10.3. The van der Waals surface area contributed by atoms with Crippen LogP contribution in [0.2, 0.25) is 0 Å². The van der Waals surface area contributed by atoms with Crippen LogP contribution in [0.15, 0.2) is 66.8 Å². The molecule has 0 aliphatic carbocycles. The van der Waals surface area contributed by atoms with Crippen molar-refractivity contribution in [3.05, 3.63) is 83.4 Å². The Balaban J connectivity index is 2.08. The van der Waals surface area contributed by atoms with E-state index in [0.29, 0.717) is 36.4 Å². The monoisotopic (exact) mass is 434 g/mol. The number of ether oxygens (including phenoxy) is 1. The minimum absolute atomic E-state index is 0.101. The minimum atomic E-state index is -0.689. The molecule has 168 valence electrons. The van der Waals surface area contributed by atoms with Gasteiger partial charge in [0, 0.05) is 12.1 Å². The van der Waals surface area contributed by atoms with Gasteiger partial charge >= 0.3 is 0 Å². The predicted molar refractivity (Wildman–Crippen MR) is 125 cm³/mol. The zero-order valence-corrected chi connectivity index (χ0v) is 18.9. The summed E-state index contributed by atoms with van der Waals surface area (Å²) in [6.45, 7) is 7.13. The summed E-state index contributed by atoms with van der Waals surface area (Å²) in [7, 11) is 3.92. The molecule has 1 aliphatic heterocycles. The lowest BCUT2D eigenvalue weighted by Gasteiger charge is -2.26. The highest BCUT2D eigenvalue weighted by Crippen LogP contribution is 2.40. The zero-order chi connectivity index (χ0) is 23.3. The van der Waals surface area contributed by atoms with Gasteiger partial charge in [0.25, 0.3) is 11.7 Å². The van der Waals surface area contributed by atoms with E-state index in [1.807, 2.05) is 56.3 Å². The van der Waals surface area contributed by atoms with Gasteiger partial charge in [-0.05, 0) is 51.7 Å². The van der Waals surface area contributed by atoms with Crippen molar-refractivity contribution in [2.24, 2.45) is 0 Å². The van der Waals surface area contributed by atoms with Crippen LogP contribution in [0.5, 0.6) is 5.75 Å². The summed E-state index contributed by atoms with van der Waals surface area (Å²) in [6, 6.07) is 13.8. The first-order valence-electron chi connectivity index (χ1n) is 10.7. The second-order valence-electron chi connectivity index (χ2n) is 8.19. The molecule has 1 heterocycles. The maximum absolute atomic E-state index is 13.1. The summed E-state index contributed by atoms with van der Waals surface area (Å²) in [5.41, 5.74) is 2.36. The van der Waals surface area contributed by atoms with Crippen LogP contribution in [0.25, 0.3) is 5.76 Å². The quantitative estimate of drug-likeness (QED) is 0.280. The zero-order valence-electron chi connectivity index (χ0n) is 18.9. The Bertz CT molecular complexity index is 1020. The summed E-state index contributed by atoms with van der Waals surface area (Å²) in [5, 5.41) is 11.1. The van der Waals surface area contributed by atoms with E-state index in [-0.39, 0.29) is 11.3 Å². The van der Waals surface area contributed by atoms with Gasteiger partial charge in [-0.2, -0.15) is 0 Å². The van der Waals surface area contributed by atoms with E-state index in [9.17, 15) is 14.7 Å². The topological polar surface area (TPSA) is 70.1 Å². The third-order valence-corrected chi connectivity index (χ3v) is 5.41. The van der Waals surface area contributed by atoms with Gasteiger partial charge in [0.2, 0.25) is 0 Å². The van der Waals surface area contributed by atoms with Crippen LogP contribution in [0.1, 0.15) is 29.2 Å². The van der Waals surface area contributed by atoms with Gasteiger partial charge in [0.05, 0.1) is 11.6 Å². The average Bonchev–Trinajstić information content (AvgIpc) is 3.02. The molecule has 0 saturated carbocycles. The van der Waals surface area contributed by atoms with E-state index in [2.05, 4.69) is 6.58 Å². The maximum atomic E-state index is 13.1. The molecule has 1 saturated heterocycles. The Morgan fingerprint density at radius 1 is 1.19 bits per heavy atom. The average molecular weight is 435 g/mol. The van der Waals surface area contributed by atoms with Gasteiger partial charge in [-0.1, -0.05) is 54.6 Å². The number of hydrogen-bond acceptors (Lipinski definition) is 5. The molecule has 0 unspecified atom stereocenters. The molecule has 1 aliphatic rings. The molecule has 0 aromatic heterocycles. The Morgan fingerprint density at radius 3 is 2.56 bits per heavy atom. The van der Waals surface area contributed by atoms with E-state index in [4.69, 9.17) is 4.74 Å². The summed E-state index contributed by atoms with van der Waals surface area (Å²) in [6.07, 6.45) is 2.35. The fraction of sp³-hybridized carbons (Fsp3) is 0.308. The number of benzene rings is 2. The SMILES string of the molecule is C=CCOc1cccc([C@H]2C(=C(O)c3ccc(C)cc3)C(=O)C(=O)N2CCCN(C)C)c1. The molecule has 6 heteroatoms. The van der Waals surface area contributed by atoms with Crippen LogP contribution < -0.4 is 4.74 Å². The summed E-state index contributed by atoms with van der Waals surface area (Å²) >= 11 is 0. The molecule has 1 N–H and O–H groups in total. The lowest BCUT2D eigenvalue weighted by Crippen LogP contribution is -2.32. The van der Waals surface area contributed by atoms with Crippen LogP contribution in [0.3, 0.4) is 0 Å². The fourth-order valence-corrected chi connectivity index (χ4v) is 3.81. The molecule has 0 bridgehead atoms. The minimum Gasteiger partial charge on any atom is -0.507 e. The summed E-state index contributed by atoms with van der Waals surface area (Å²) < 4.78 is 5.66. The number of amides is 1. The van der Waals surface area contributed by atoms with Crippen molar-refractivity contribution in [2.75, 3.05) is 33.8 Å². The predicted octanol–water partition coefficient (Wildman–Crippen LogP) is 3.93. The van der Waals surface area contributed by atoms with Crippen LogP contribution in [0.4, 0.5) is 0 Å². The molecule has 2 aromatic rings. The van der Waals surface area contributed by atoms with Gasteiger partial charge < -0.3 is 19.6 Å². The van der Waals surface area contributed by atoms with Crippen LogP contribution >= 0.6 is 0 Å². The van der Waals surface area contributed by atoms with E-state index < -0.39 is 17.7 Å². The first-order chi connectivity index (χ1) is 15.3. The standard InChI is InChI=1S/C26H30N2O4/c1-5-16-32-21-9-6-8-20(17-21)23-22(24(29)19-12-10-18(2)11-13-19)25(30)26(31)28(23)15-7-14-27(3)4/h5-6,8-13,17,23,29H,1,7,14-16H2,2-4H3/t23-/m0/s1. The van der Waals surface area contributed by atoms with Crippen molar-refractivity contribution in [3.8, 4) is 5.75 Å². The Labute approximate surface area is 189 Å². The van der Waals surface area contributed by atoms with Crippen molar-refractivity contribution >= 4 is 17.4 Å². The lowest BCUT2D eigenvalue weighted by atomic mass is 9.95. The number of carbonyl (C=O) groups excluding carboxylic acids is 2. The molecule has 0 spiro atoms. The third-order valence-electron chi connectivity index (χ3n) is 5.41. The van der Waals surface area contributed by atoms with Crippen molar-refractivity contribution in [1.29, 1.82) is 0 Å². The number of nitrogens with zero attached hydrogens (tertiary/aromatic N) is 2. The normalized spacial score (nSPS) is 17.8. The molecule has 32 heavy (non-hydrogen) atoms. The molecule has 6 nitrogen and oxygen atoms in total. The molecular weight excluding hydrogens is 404 g/mol. The smallest absolute Gasteiger partial charge is 0.295 e. The number of rotatable bonds is 9. The summed E-state index contributed by atoms with van der Waals surface area (Å²) in [4.78, 5) is 29.6. The van der Waals surface area contributed by atoms with Crippen molar-refractivity contribution in [3.63, 3.8) is 0 Å². The fourth-order valence-electron chi connectivity index (χ4n) is 3.81. The highest BCUT2D eigenvalue weighted by molar-refractivity contribution is 6.46. The van der Waals surface area contributed by atoms with Gasteiger partial charge in [0.15, 0.2) is 0 Å². The number of carbonyl (C=O) groups is 2. The maximum Gasteiger partial charge on any atom is 0.295 e. The van der Waals surface area contributed by atoms with Crippen LogP contribution in [-0.4, -0.2) is 60.4 Å². The van der Waals surface area contributed by atoms with Crippen LogP contribution in [0, 0.1) is 6.92 Å².